The van der Waals surface area contributed by atoms with Gasteiger partial charge in [0, 0.05) is 29.3 Å². The van der Waals surface area contributed by atoms with Crippen LogP contribution < -0.4 is 14.8 Å². The fourth-order valence-corrected chi connectivity index (χ4v) is 4.06. The van der Waals surface area contributed by atoms with Gasteiger partial charge in [-0.25, -0.2) is 8.42 Å². The summed E-state index contributed by atoms with van der Waals surface area (Å²) in [5.74, 6) is -1.45. The molecule has 0 aliphatic heterocycles. The number of methoxy groups -OCH3 is 1. The average Bonchev–Trinajstić information content (AvgIpc) is 2.74. The quantitative estimate of drug-likeness (QED) is 0.489. The maximum absolute atomic E-state index is 12.9. The number of aromatic nitrogens is 1. The second kappa shape index (κ2) is 9.26. The maximum atomic E-state index is 12.9. The lowest BCUT2D eigenvalue weighted by Gasteiger charge is -2.13. The molecule has 0 aliphatic rings. The van der Waals surface area contributed by atoms with Gasteiger partial charge in [0.1, 0.15) is 10.6 Å². The van der Waals surface area contributed by atoms with Crippen molar-refractivity contribution >= 4 is 33.3 Å². The number of sulfonamides is 1. The fraction of sp³-hybridized carbons (Fsp3) is 0.0952. The number of amides is 1. The van der Waals surface area contributed by atoms with Gasteiger partial charge in [0.15, 0.2) is 0 Å². The average molecular weight is 441 g/mol. The summed E-state index contributed by atoms with van der Waals surface area (Å²) in [6.07, 6.45) is 2.73. The minimum atomic E-state index is -4.12. The van der Waals surface area contributed by atoms with Crippen LogP contribution in [-0.2, 0) is 21.2 Å². The lowest BCUT2D eigenvalue weighted by atomic mass is 10.1. The van der Waals surface area contributed by atoms with Gasteiger partial charge in [-0.05, 0) is 48.0 Å². The van der Waals surface area contributed by atoms with E-state index in [9.17, 15) is 18.0 Å². The molecule has 0 atom stereocenters. The second-order valence-electron chi connectivity index (χ2n) is 6.43. The van der Waals surface area contributed by atoms with Crippen molar-refractivity contribution in [3.63, 3.8) is 0 Å². The highest BCUT2D eigenvalue weighted by molar-refractivity contribution is 7.92. The molecule has 31 heavy (non-hydrogen) atoms. The van der Waals surface area contributed by atoms with Crippen molar-refractivity contribution in [2.24, 2.45) is 0 Å². The third-order valence-corrected chi connectivity index (χ3v) is 5.59. The van der Waals surface area contributed by atoms with Crippen LogP contribution in [0.4, 0.5) is 11.4 Å². The number of ether oxygens (including phenoxy) is 1. The Morgan fingerprint density at radius 1 is 1.03 bits per heavy atom. The normalized spacial score (nSPS) is 10.9. The number of rotatable bonds is 8. The smallest absolute Gasteiger partial charge is 0.307 e. The van der Waals surface area contributed by atoms with Crippen molar-refractivity contribution in [3.05, 3.63) is 78.1 Å². The van der Waals surface area contributed by atoms with E-state index < -0.39 is 21.9 Å². The summed E-state index contributed by atoms with van der Waals surface area (Å²) in [7, 11) is -2.81. The van der Waals surface area contributed by atoms with Crippen molar-refractivity contribution < 1.29 is 27.9 Å². The number of carbonyl (C=O) groups excluding carboxylic acids is 1. The van der Waals surface area contributed by atoms with Crippen LogP contribution in [0.1, 0.15) is 15.9 Å². The molecule has 0 fully saturated rings. The summed E-state index contributed by atoms with van der Waals surface area (Å²) in [6.45, 7) is 0. The Kier molecular flexibility index (Phi) is 6.51. The number of carboxylic acid groups (broad SMARTS) is 1. The number of carboxylic acids is 1. The van der Waals surface area contributed by atoms with Crippen LogP contribution >= 0.6 is 0 Å². The Morgan fingerprint density at radius 3 is 2.45 bits per heavy atom. The Bertz CT molecular complexity index is 1210. The number of anilines is 2. The summed E-state index contributed by atoms with van der Waals surface area (Å²) in [5.41, 5.74) is 1.25. The minimum Gasteiger partial charge on any atom is -0.495 e. The van der Waals surface area contributed by atoms with E-state index in [1.54, 1.807) is 18.2 Å². The molecule has 9 nitrogen and oxygen atoms in total. The first-order valence-corrected chi connectivity index (χ1v) is 10.5. The van der Waals surface area contributed by atoms with Gasteiger partial charge in [-0.2, -0.15) is 0 Å². The number of nitrogens with zero attached hydrogens (tertiary/aromatic N) is 1. The minimum absolute atomic E-state index is 0.0632. The first kappa shape index (κ1) is 21.8. The molecule has 3 aromatic rings. The Morgan fingerprint density at radius 2 is 1.77 bits per heavy atom. The van der Waals surface area contributed by atoms with E-state index in [1.807, 2.05) is 0 Å². The van der Waals surface area contributed by atoms with Gasteiger partial charge in [0.2, 0.25) is 0 Å². The van der Waals surface area contributed by atoms with E-state index in [4.69, 9.17) is 9.84 Å². The van der Waals surface area contributed by atoms with Crippen molar-refractivity contribution in [2.75, 3.05) is 17.1 Å². The Labute approximate surface area is 178 Å². The van der Waals surface area contributed by atoms with Gasteiger partial charge in [-0.1, -0.05) is 12.1 Å². The van der Waals surface area contributed by atoms with Crippen LogP contribution in [0.15, 0.2) is 71.9 Å². The molecule has 1 amide bonds. The Balaban J connectivity index is 1.86. The molecule has 1 heterocycles. The molecule has 3 N–H and O–H groups in total. The highest BCUT2D eigenvalue weighted by atomic mass is 32.2. The van der Waals surface area contributed by atoms with Crippen LogP contribution in [0, 0.1) is 0 Å². The van der Waals surface area contributed by atoms with Gasteiger partial charge in [0.25, 0.3) is 15.9 Å². The van der Waals surface area contributed by atoms with E-state index in [-0.39, 0.29) is 28.3 Å². The third kappa shape index (κ3) is 5.58. The first-order valence-electron chi connectivity index (χ1n) is 9.01. The molecule has 0 spiro atoms. The highest BCUT2D eigenvalue weighted by Gasteiger charge is 2.21. The lowest BCUT2D eigenvalue weighted by Crippen LogP contribution is -2.16. The summed E-state index contributed by atoms with van der Waals surface area (Å²) in [6, 6.07) is 13.3. The SMILES string of the molecule is COc1ccc(CC(=O)O)cc1S(=O)(=O)Nc1cccc(C(=O)Nc2ccncc2)c1. The molecule has 3 rings (SSSR count). The molecular formula is C21H19N3O6S. The number of nitrogens with one attached hydrogen (secondary N) is 2. The van der Waals surface area contributed by atoms with E-state index in [0.717, 1.165) is 0 Å². The molecule has 10 heteroatoms. The van der Waals surface area contributed by atoms with Gasteiger partial charge >= 0.3 is 5.97 Å². The number of hydrogen-bond donors (Lipinski definition) is 3. The van der Waals surface area contributed by atoms with Crippen LogP contribution in [0.25, 0.3) is 0 Å². The molecule has 1 aromatic heterocycles. The largest absolute Gasteiger partial charge is 0.495 e. The predicted octanol–water partition coefficient (Wildman–Crippen LogP) is 2.77. The number of aliphatic carboxylic acids is 1. The molecule has 0 bridgehead atoms. The van der Waals surface area contributed by atoms with Crippen LogP contribution in [0.3, 0.4) is 0 Å². The number of benzene rings is 2. The van der Waals surface area contributed by atoms with Crippen molar-refractivity contribution in [3.8, 4) is 5.75 Å². The van der Waals surface area contributed by atoms with Crippen LogP contribution in [0.2, 0.25) is 0 Å². The molecule has 0 saturated heterocycles. The van der Waals surface area contributed by atoms with Gasteiger partial charge in [0.05, 0.1) is 13.5 Å². The standard InChI is InChI=1S/C21H19N3O6S/c1-30-18-6-5-14(12-20(25)26)11-19(18)31(28,29)24-17-4-2-3-15(13-17)21(27)23-16-7-9-22-10-8-16/h2-11,13,24H,12H2,1H3,(H,25,26)(H,22,23,27). The predicted molar refractivity (Wildman–Crippen MR) is 114 cm³/mol. The molecule has 0 saturated carbocycles. The van der Waals surface area contributed by atoms with E-state index >= 15 is 0 Å². The van der Waals surface area contributed by atoms with Gasteiger partial charge < -0.3 is 15.2 Å². The second-order valence-corrected chi connectivity index (χ2v) is 8.08. The van der Waals surface area contributed by atoms with Crippen molar-refractivity contribution in [2.45, 2.75) is 11.3 Å². The van der Waals surface area contributed by atoms with Gasteiger partial charge in [-0.15, -0.1) is 0 Å². The monoisotopic (exact) mass is 441 g/mol. The van der Waals surface area contributed by atoms with Crippen molar-refractivity contribution in [1.29, 1.82) is 0 Å². The Hall–Kier alpha value is -3.92. The molecule has 0 radical (unpaired) electrons. The third-order valence-electron chi connectivity index (χ3n) is 4.19. The zero-order valence-electron chi connectivity index (χ0n) is 16.4. The van der Waals surface area contributed by atoms with Crippen molar-refractivity contribution in [1.82, 2.24) is 4.98 Å². The zero-order valence-corrected chi connectivity index (χ0v) is 17.2. The summed E-state index contributed by atoms with van der Waals surface area (Å²) in [5, 5.41) is 11.7. The molecule has 160 valence electrons. The van der Waals surface area contributed by atoms with E-state index in [2.05, 4.69) is 15.0 Å². The maximum Gasteiger partial charge on any atom is 0.307 e. The lowest BCUT2D eigenvalue weighted by molar-refractivity contribution is -0.136. The van der Waals surface area contributed by atoms with Crippen LogP contribution in [0.5, 0.6) is 5.75 Å². The topological polar surface area (TPSA) is 135 Å². The zero-order chi connectivity index (χ0) is 22.4. The van der Waals surface area contributed by atoms with E-state index in [0.29, 0.717) is 11.3 Å². The molecular weight excluding hydrogens is 422 g/mol. The molecule has 2 aromatic carbocycles. The number of carbonyl (C=O) groups is 2. The van der Waals surface area contributed by atoms with Gasteiger partial charge in [-0.3, -0.25) is 19.3 Å². The summed E-state index contributed by atoms with van der Waals surface area (Å²) < 4.78 is 33.4. The number of pyridine rings is 1. The summed E-state index contributed by atoms with van der Waals surface area (Å²) in [4.78, 5) is 27.1. The van der Waals surface area contributed by atoms with Crippen LogP contribution in [-0.4, -0.2) is 37.5 Å². The van der Waals surface area contributed by atoms with E-state index in [1.165, 1.54) is 55.9 Å². The summed E-state index contributed by atoms with van der Waals surface area (Å²) >= 11 is 0. The highest BCUT2D eigenvalue weighted by Crippen LogP contribution is 2.27. The molecule has 0 unspecified atom stereocenters. The fourth-order valence-electron chi connectivity index (χ4n) is 2.79. The first-order chi connectivity index (χ1) is 14.8. The molecule has 0 aliphatic carbocycles. The number of hydrogen-bond acceptors (Lipinski definition) is 6.